The summed E-state index contributed by atoms with van der Waals surface area (Å²) < 4.78 is 11.0. The lowest BCUT2D eigenvalue weighted by Crippen LogP contribution is -2.13. The van der Waals surface area contributed by atoms with Crippen molar-refractivity contribution >= 4 is 11.7 Å². The van der Waals surface area contributed by atoms with Gasteiger partial charge >= 0.3 is 0 Å². The van der Waals surface area contributed by atoms with Gasteiger partial charge in [0.05, 0.1) is 0 Å². The summed E-state index contributed by atoms with van der Waals surface area (Å²) in [4.78, 5) is 16.4. The molecule has 1 amide bonds. The second-order valence-corrected chi connectivity index (χ2v) is 4.56. The third-order valence-corrected chi connectivity index (χ3v) is 2.78. The zero-order valence-corrected chi connectivity index (χ0v) is 12.7. The molecular weight excluding hydrogens is 292 g/mol. The van der Waals surface area contributed by atoms with E-state index in [0.29, 0.717) is 36.1 Å². The average molecular weight is 310 g/mol. The Kier molecular flexibility index (Phi) is 5.94. The van der Waals surface area contributed by atoms with Crippen LogP contribution in [0, 0.1) is 0 Å². The van der Waals surface area contributed by atoms with E-state index in [1.807, 2.05) is 0 Å². The zero-order valence-electron chi connectivity index (χ0n) is 12.7. The number of carbonyl (C=O) groups is 1. The van der Waals surface area contributed by atoms with Crippen LogP contribution in [0.2, 0.25) is 0 Å². The molecule has 0 aliphatic heterocycles. The molecule has 2 aromatic rings. The van der Waals surface area contributed by atoms with E-state index in [4.69, 9.17) is 9.47 Å². The molecule has 0 aliphatic rings. The van der Waals surface area contributed by atoms with E-state index < -0.39 is 0 Å². The first-order valence-electron chi connectivity index (χ1n) is 7.08. The lowest BCUT2D eigenvalue weighted by molar-refractivity contribution is 0.102. The molecule has 2 rings (SSSR count). The monoisotopic (exact) mass is 310 g/mol. The van der Waals surface area contributed by atoms with E-state index in [0.717, 1.165) is 0 Å². The molecule has 5 nitrogen and oxygen atoms in total. The maximum Gasteiger partial charge on any atom is 0.257 e. The number of aromatic nitrogens is 1. The van der Waals surface area contributed by atoms with Crippen LogP contribution in [0.15, 0.2) is 67.9 Å². The number of benzene rings is 1. The number of carbonyl (C=O) groups excluding carboxylic acids is 1. The number of anilines is 1. The molecule has 0 saturated carbocycles. The minimum atomic E-state index is -0.295. The number of pyridine rings is 1. The SMILES string of the molecule is C=CCOc1cc(OCC=C)cc(C(=O)Nc2ccccn2)c1. The normalized spacial score (nSPS) is 9.74. The summed E-state index contributed by atoms with van der Waals surface area (Å²) in [5.74, 6) is 1.23. The molecule has 0 atom stereocenters. The highest BCUT2D eigenvalue weighted by molar-refractivity contribution is 6.04. The highest BCUT2D eigenvalue weighted by atomic mass is 16.5. The van der Waals surface area contributed by atoms with Crippen molar-refractivity contribution in [2.45, 2.75) is 0 Å². The fourth-order valence-corrected chi connectivity index (χ4v) is 1.80. The van der Waals surface area contributed by atoms with Gasteiger partial charge in [0, 0.05) is 17.8 Å². The lowest BCUT2D eigenvalue weighted by Gasteiger charge is -2.11. The van der Waals surface area contributed by atoms with Gasteiger partial charge in [-0.25, -0.2) is 4.98 Å². The summed E-state index contributed by atoms with van der Waals surface area (Å²) in [5, 5.41) is 2.72. The zero-order chi connectivity index (χ0) is 16.5. The van der Waals surface area contributed by atoms with E-state index in [1.165, 1.54) is 0 Å². The number of rotatable bonds is 8. The van der Waals surface area contributed by atoms with Gasteiger partial charge in [-0.05, 0) is 24.3 Å². The van der Waals surface area contributed by atoms with E-state index in [2.05, 4.69) is 23.5 Å². The van der Waals surface area contributed by atoms with Gasteiger partial charge in [-0.1, -0.05) is 31.4 Å². The number of ether oxygens (including phenoxy) is 2. The smallest absolute Gasteiger partial charge is 0.257 e. The largest absolute Gasteiger partial charge is 0.489 e. The van der Waals surface area contributed by atoms with Crippen molar-refractivity contribution in [3.05, 3.63) is 73.5 Å². The van der Waals surface area contributed by atoms with Crippen LogP contribution in [0.3, 0.4) is 0 Å². The Bertz CT molecular complexity index is 654. The van der Waals surface area contributed by atoms with Crippen LogP contribution in [0.4, 0.5) is 5.82 Å². The summed E-state index contributed by atoms with van der Waals surface area (Å²) in [5.41, 5.74) is 0.413. The Hall–Kier alpha value is -3.08. The first kappa shape index (κ1) is 16.3. The molecule has 0 radical (unpaired) electrons. The van der Waals surface area contributed by atoms with Crippen molar-refractivity contribution in [2.24, 2.45) is 0 Å². The number of hydrogen-bond donors (Lipinski definition) is 1. The van der Waals surface area contributed by atoms with E-state index in [-0.39, 0.29) is 5.91 Å². The van der Waals surface area contributed by atoms with Crippen molar-refractivity contribution in [1.29, 1.82) is 0 Å². The highest BCUT2D eigenvalue weighted by Gasteiger charge is 2.11. The van der Waals surface area contributed by atoms with Gasteiger partial charge in [0.25, 0.3) is 5.91 Å². The molecule has 118 valence electrons. The fourth-order valence-electron chi connectivity index (χ4n) is 1.80. The Morgan fingerprint density at radius 2 is 1.74 bits per heavy atom. The quantitative estimate of drug-likeness (QED) is 0.759. The first-order valence-corrected chi connectivity index (χ1v) is 7.08. The third-order valence-electron chi connectivity index (χ3n) is 2.78. The minimum Gasteiger partial charge on any atom is -0.489 e. The lowest BCUT2D eigenvalue weighted by atomic mass is 10.2. The summed E-state index contributed by atoms with van der Waals surface area (Å²) in [6.07, 6.45) is 4.87. The molecule has 5 heteroatoms. The van der Waals surface area contributed by atoms with Crippen molar-refractivity contribution in [2.75, 3.05) is 18.5 Å². The molecule has 0 saturated heterocycles. The molecule has 1 N–H and O–H groups in total. The van der Waals surface area contributed by atoms with Crippen molar-refractivity contribution in [1.82, 2.24) is 4.98 Å². The average Bonchev–Trinajstić information content (AvgIpc) is 2.59. The molecule has 1 heterocycles. The molecule has 23 heavy (non-hydrogen) atoms. The summed E-state index contributed by atoms with van der Waals surface area (Å²) in [6, 6.07) is 10.3. The van der Waals surface area contributed by atoms with Crippen LogP contribution < -0.4 is 14.8 Å². The number of hydrogen-bond acceptors (Lipinski definition) is 4. The van der Waals surface area contributed by atoms with Crippen molar-refractivity contribution in [3.8, 4) is 11.5 Å². The van der Waals surface area contributed by atoms with Gasteiger partial charge in [0.2, 0.25) is 0 Å². The van der Waals surface area contributed by atoms with Gasteiger partial charge < -0.3 is 14.8 Å². The van der Waals surface area contributed by atoms with Crippen LogP contribution in [0.25, 0.3) is 0 Å². The molecular formula is C18H18N2O3. The van der Waals surface area contributed by atoms with Crippen LogP contribution in [-0.4, -0.2) is 24.1 Å². The van der Waals surface area contributed by atoms with Gasteiger partial charge in [0.1, 0.15) is 30.5 Å². The first-order chi connectivity index (χ1) is 11.2. The fraction of sp³-hybridized carbons (Fsp3) is 0.111. The molecule has 1 aromatic carbocycles. The van der Waals surface area contributed by atoms with Gasteiger partial charge in [0.15, 0.2) is 0 Å². The van der Waals surface area contributed by atoms with Crippen molar-refractivity contribution < 1.29 is 14.3 Å². The van der Waals surface area contributed by atoms with E-state index in [1.54, 1.807) is 54.7 Å². The highest BCUT2D eigenvalue weighted by Crippen LogP contribution is 2.24. The number of nitrogens with one attached hydrogen (secondary N) is 1. The van der Waals surface area contributed by atoms with Gasteiger partial charge in [-0.3, -0.25) is 4.79 Å². The second kappa shape index (κ2) is 8.38. The molecule has 0 aliphatic carbocycles. The molecule has 0 spiro atoms. The summed E-state index contributed by atoms with van der Waals surface area (Å²) in [7, 11) is 0. The maximum absolute atomic E-state index is 12.4. The van der Waals surface area contributed by atoms with E-state index >= 15 is 0 Å². The molecule has 0 fully saturated rings. The van der Waals surface area contributed by atoms with Crippen LogP contribution in [0.1, 0.15) is 10.4 Å². The maximum atomic E-state index is 12.4. The molecule has 0 unspecified atom stereocenters. The second-order valence-electron chi connectivity index (χ2n) is 4.56. The van der Waals surface area contributed by atoms with E-state index in [9.17, 15) is 4.79 Å². The van der Waals surface area contributed by atoms with Gasteiger partial charge in [-0.2, -0.15) is 0 Å². The minimum absolute atomic E-state index is 0.295. The van der Waals surface area contributed by atoms with Crippen LogP contribution in [-0.2, 0) is 0 Å². The molecule has 1 aromatic heterocycles. The summed E-state index contributed by atoms with van der Waals surface area (Å²) >= 11 is 0. The predicted octanol–water partition coefficient (Wildman–Crippen LogP) is 3.46. The predicted molar refractivity (Wildman–Crippen MR) is 90.0 cm³/mol. The Labute approximate surface area is 135 Å². The Morgan fingerprint density at radius 3 is 2.26 bits per heavy atom. The van der Waals surface area contributed by atoms with Crippen molar-refractivity contribution in [3.63, 3.8) is 0 Å². The topological polar surface area (TPSA) is 60.5 Å². The van der Waals surface area contributed by atoms with Crippen LogP contribution in [0.5, 0.6) is 11.5 Å². The standard InChI is InChI=1S/C18H18N2O3/c1-3-9-22-15-11-14(12-16(13-15)23-10-4-2)18(21)20-17-7-5-6-8-19-17/h3-8,11-13H,1-2,9-10H2,(H,19,20,21). The molecule has 0 bridgehead atoms. The number of nitrogens with zero attached hydrogens (tertiary/aromatic N) is 1. The van der Waals surface area contributed by atoms with Gasteiger partial charge in [-0.15, -0.1) is 0 Å². The Morgan fingerprint density at radius 1 is 1.09 bits per heavy atom. The number of amides is 1. The Balaban J connectivity index is 2.22. The van der Waals surface area contributed by atoms with Crippen LogP contribution >= 0.6 is 0 Å². The third kappa shape index (κ3) is 5.00. The summed E-state index contributed by atoms with van der Waals surface area (Å²) in [6.45, 7) is 7.89.